The molecule has 21 heavy (non-hydrogen) atoms. The zero-order valence-electron chi connectivity index (χ0n) is 11.5. The van der Waals surface area contributed by atoms with Crippen molar-refractivity contribution in [1.29, 1.82) is 0 Å². The average molecular weight is 375 g/mol. The maximum atomic E-state index is 13.3. The lowest BCUT2D eigenvalue weighted by atomic mass is 9.98. The van der Waals surface area contributed by atoms with Crippen molar-refractivity contribution in [3.8, 4) is 0 Å². The highest BCUT2D eigenvalue weighted by atomic mass is 79.9. The molecule has 0 aliphatic carbocycles. The van der Waals surface area contributed by atoms with Gasteiger partial charge in [0, 0.05) is 10.5 Å². The highest BCUT2D eigenvalue weighted by Gasteiger charge is 2.15. The summed E-state index contributed by atoms with van der Waals surface area (Å²) >= 11 is 9.22. The van der Waals surface area contributed by atoms with Crippen LogP contribution in [0.25, 0.3) is 0 Å². The standard InChI is InChI=1S/C16H15BrClF2N/c1-2-21-16(11-4-6-15(20)14(18)7-11)8-10-3-5-12(19)9-13(10)17/h3-7,9,16,21H,2,8H2,1H3. The minimum Gasteiger partial charge on any atom is -0.310 e. The Kier molecular flexibility index (Phi) is 5.73. The molecule has 1 unspecified atom stereocenters. The second-order valence-electron chi connectivity index (χ2n) is 4.72. The Morgan fingerprint density at radius 3 is 2.57 bits per heavy atom. The van der Waals surface area contributed by atoms with E-state index >= 15 is 0 Å². The summed E-state index contributed by atoms with van der Waals surface area (Å²) in [5.41, 5.74) is 1.88. The first kappa shape index (κ1) is 16.4. The fourth-order valence-corrected chi connectivity index (χ4v) is 2.89. The number of benzene rings is 2. The van der Waals surface area contributed by atoms with Crippen LogP contribution < -0.4 is 5.32 Å². The van der Waals surface area contributed by atoms with Crippen LogP contribution in [0.3, 0.4) is 0 Å². The summed E-state index contributed by atoms with van der Waals surface area (Å²) in [5.74, 6) is -0.714. The molecule has 2 aromatic carbocycles. The van der Waals surface area contributed by atoms with E-state index in [0.717, 1.165) is 22.1 Å². The Bertz CT molecular complexity index is 634. The predicted octanol–water partition coefficient (Wildman–Crippen LogP) is 5.27. The number of hydrogen-bond acceptors (Lipinski definition) is 1. The van der Waals surface area contributed by atoms with Gasteiger partial charge in [0.15, 0.2) is 0 Å². The van der Waals surface area contributed by atoms with Crippen LogP contribution in [0.1, 0.15) is 24.1 Å². The van der Waals surface area contributed by atoms with Gasteiger partial charge in [-0.05, 0) is 48.4 Å². The largest absolute Gasteiger partial charge is 0.310 e. The molecule has 0 aliphatic heterocycles. The molecule has 0 spiro atoms. The van der Waals surface area contributed by atoms with Gasteiger partial charge in [0.1, 0.15) is 11.6 Å². The number of nitrogens with one attached hydrogen (secondary N) is 1. The fourth-order valence-electron chi connectivity index (χ4n) is 2.19. The van der Waals surface area contributed by atoms with Gasteiger partial charge >= 0.3 is 0 Å². The number of likely N-dealkylation sites (N-methyl/N-ethyl adjacent to an activating group) is 1. The molecule has 2 rings (SSSR count). The Morgan fingerprint density at radius 2 is 1.95 bits per heavy atom. The third-order valence-corrected chi connectivity index (χ3v) is 4.26. The fraction of sp³-hybridized carbons (Fsp3) is 0.250. The van der Waals surface area contributed by atoms with Crippen molar-refractivity contribution in [3.05, 3.63) is 68.7 Å². The molecule has 2 aromatic rings. The van der Waals surface area contributed by atoms with E-state index < -0.39 is 5.82 Å². The molecule has 1 N–H and O–H groups in total. The SMILES string of the molecule is CCNC(Cc1ccc(F)cc1Br)c1ccc(F)c(Cl)c1. The van der Waals surface area contributed by atoms with Crippen molar-refractivity contribution >= 4 is 27.5 Å². The highest BCUT2D eigenvalue weighted by Crippen LogP contribution is 2.27. The summed E-state index contributed by atoms with van der Waals surface area (Å²) in [4.78, 5) is 0. The Balaban J connectivity index is 2.28. The van der Waals surface area contributed by atoms with Crippen molar-refractivity contribution in [2.45, 2.75) is 19.4 Å². The summed E-state index contributed by atoms with van der Waals surface area (Å²) in [5, 5.41) is 3.45. The first-order chi connectivity index (χ1) is 10.0. The third kappa shape index (κ3) is 4.25. The maximum absolute atomic E-state index is 13.3. The molecule has 0 radical (unpaired) electrons. The van der Waals surface area contributed by atoms with E-state index in [1.807, 2.05) is 6.92 Å². The molecule has 0 heterocycles. The van der Waals surface area contributed by atoms with E-state index in [1.165, 1.54) is 18.2 Å². The predicted molar refractivity (Wildman–Crippen MR) is 85.6 cm³/mol. The lowest BCUT2D eigenvalue weighted by Crippen LogP contribution is -2.23. The smallest absolute Gasteiger partial charge is 0.141 e. The zero-order valence-corrected chi connectivity index (χ0v) is 13.8. The molecule has 5 heteroatoms. The molecular formula is C16H15BrClF2N. The summed E-state index contributed by atoms with van der Waals surface area (Å²) in [6.45, 7) is 2.76. The van der Waals surface area contributed by atoms with E-state index in [4.69, 9.17) is 11.6 Å². The quantitative estimate of drug-likeness (QED) is 0.751. The van der Waals surface area contributed by atoms with Gasteiger partial charge in [0.2, 0.25) is 0 Å². The summed E-state index contributed by atoms with van der Waals surface area (Å²) in [6, 6.07) is 9.30. The van der Waals surface area contributed by atoms with Crippen LogP contribution in [0.4, 0.5) is 8.78 Å². The zero-order chi connectivity index (χ0) is 15.4. The lowest BCUT2D eigenvalue weighted by Gasteiger charge is -2.19. The molecule has 0 saturated heterocycles. The van der Waals surface area contributed by atoms with Gasteiger partial charge in [-0.2, -0.15) is 0 Å². The van der Waals surface area contributed by atoms with Gasteiger partial charge in [-0.1, -0.05) is 46.6 Å². The molecule has 0 bridgehead atoms. The molecule has 112 valence electrons. The van der Waals surface area contributed by atoms with Gasteiger partial charge in [0.25, 0.3) is 0 Å². The van der Waals surface area contributed by atoms with E-state index in [0.29, 0.717) is 6.42 Å². The Morgan fingerprint density at radius 1 is 1.19 bits per heavy atom. The summed E-state index contributed by atoms with van der Waals surface area (Å²) in [6.07, 6.45) is 0.649. The van der Waals surface area contributed by atoms with Gasteiger partial charge < -0.3 is 5.32 Å². The normalized spacial score (nSPS) is 12.4. The first-order valence-electron chi connectivity index (χ1n) is 6.63. The van der Waals surface area contributed by atoms with Gasteiger partial charge in [-0.15, -0.1) is 0 Å². The topological polar surface area (TPSA) is 12.0 Å². The van der Waals surface area contributed by atoms with E-state index in [2.05, 4.69) is 21.2 Å². The minimum atomic E-state index is -0.432. The molecule has 0 amide bonds. The van der Waals surface area contributed by atoms with Crippen LogP contribution in [0, 0.1) is 11.6 Å². The van der Waals surface area contributed by atoms with Crippen LogP contribution in [0.5, 0.6) is 0 Å². The minimum absolute atomic E-state index is 0.0186. The van der Waals surface area contributed by atoms with Crippen molar-refractivity contribution < 1.29 is 8.78 Å². The molecule has 0 fully saturated rings. The highest BCUT2D eigenvalue weighted by molar-refractivity contribution is 9.10. The third-order valence-electron chi connectivity index (χ3n) is 3.24. The van der Waals surface area contributed by atoms with Crippen molar-refractivity contribution in [3.63, 3.8) is 0 Å². The van der Waals surface area contributed by atoms with Gasteiger partial charge in [-0.3, -0.25) is 0 Å². The van der Waals surface area contributed by atoms with E-state index in [9.17, 15) is 8.78 Å². The summed E-state index contributed by atoms with van der Waals surface area (Å²) < 4.78 is 27.2. The van der Waals surface area contributed by atoms with Crippen LogP contribution in [0.15, 0.2) is 40.9 Å². The lowest BCUT2D eigenvalue weighted by molar-refractivity contribution is 0.545. The van der Waals surface area contributed by atoms with E-state index in [-0.39, 0.29) is 16.9 Å². The Labute approximate surface area is 136 Å². The van der Waals surface area contributed by atoms with Crippen LogP contribution >= 0.6 is 27.5 Å². The van der Waals surface area contributed by atoms with Crippen LogP contribution in [-0.4, -0.2) is 6.54 Å². The monoisotopic (exact) mass is 373 g/mol. The molecule has 0 saturated carbocycles. The second kappa shape index (κ2) is 7.34. The number of hydrogen-bond donors (Lipinski definition) is 1. The van der Waals surface area contributed by atoms with Crippen LogP contribution in [0.2, 0.25) is 5.02 Å². The number of halogens is 4. The van der Waals surface area contributed by atoms with Crippen molar-refractivity contribution in [2.24, 2.45) is 0 Å². The average Bonchev–Trinajstić information content (AvgIpc) is 2.44. The maximum Gasteiger partial charge on any atom is 0.141 e. The van der Waals surface area contributed by atoms with Gasteiger partial charge in [-0.25, -0.2) is 8.78 Å². The molecular weight excluding hydrogens is 360 g/mol. The Hall–Kier alpha value is -0.970. The van der Waals surface area contributed by atoms with Gasteiger partial charge in [0.05, 0.1) is 5.02 Å². The molecule has 1 nitrogen and oxygen atoms in total. The van der Waals surface area contributed by atoms with Crippen LogP contribution in [-0.2, 0) is 6.42 Å². The summed E-state index contributed by atoms with van der Waals surface area (Å²) in [7, 11) is 0. The molecule has 1 atom stereocenters. The van der Waals surface area contributed by atoms with Crippen molar-refractivity contribution in [1.82, 2.24) is 5.32 Å². The van der Waals surface area contributed by atoms with E-state index in [1.54, 1.807) is 18.2 Å². The van der Waals surface area contributed by atoms with Crippen molar-refractivity contribution in [2.75, 3.05) is 6.54 Å². The molecule has 0 aliphatic rings. The first-order valence-corrected chi connectivity index (χ1v) is 7.80. The second-order valence-corrected chi connectivity index (χ2v) is 5.99. The number of rotatable bonds is 5. The molecule has 0 aromatic heterocycles.